The van der Waals surface area contributed by atoms with Crippen molar-refractivity contribution in [2.45, 2.75) is 33.4 Å². The number of carbonyl (C=O) groups excluding carboxylic acids is 1. The van der Waals surface area contributed by atoms with Gasteiger partial charge in [0, 0.05) is 15.9 Å². The van der Waals surface area contributed by atoms with Crippen LogP contribution < -0.4 is 20.1 Å². The Hall–Kier alpha value is -3.70. The van der Waals surface area contributed by atoms with E-state index >= 15 is 0 Å². The number of nitrogens with one attached hydrogen (secondary N) is 2. The number of tetrazole rings is 1. The predicted molar refractivity (Wildman–Crippen MR) is 156 cm³/mol. The maximum absolute atomic E-state index is 13.8. The number of allylic oxidation sites excluding steroid dienone is 1. The van der Waals surface area contributed by atoms with Crippen LogP contribution in [0.25, 0.3) is 0 Å². The van der Waals surface area contributed by atoms with Gasteiger partial charge in [0.2, 0.25) is 5.95 Å². The van der Waals surface area contributed by atoms with E-state index in [0.717, 1.165) is 32.4 Å². The second kappa shape index (κ2) is 11.2. The van der Waals surface area contributed by atoms with Crippen molar-refractivity contribution in [3.05, 3.63) is 97.1 Å². The van der Waals surface area contributed by atoms with Gasteiger partial charge in [0.1, 0.15) is 12.6 Å². The highest BCUT2D eigenvalue weighted by Crippen LogP contribution is 2.43. The van der Waals surface area contributed by atoms with Crippen LogP contribution in [0.4, 0.5) is 11.6 Å². The smallest absolute Gasteiger partial charge is 0.255 e. The fourth-order valence-electron chi connectivity index (χ4n) is 4.51. The summed E-state index contributed by atoms with van der Waals surface area (Å²) in [7, 11) is 1.58. The normalized spacial score (nSPS) is 14.5. The van der Waals surface area contributed by atoms with Crippen molar-refractivity contribution in [3.8, 4) is 11.5 Å². The van der Waals surface area contributed by atoms with Gasteiger partial charge in [0.15, 0.2) is 11.5 Å². The lowest BCUT2D eigenvalue weighted by Crippen LogP contribution is -2.31. The summed E-state index contributed by atoms with van der Waals surface area (Å²) in [6.45, 7) is 6.18. The van der Waals surface area contributed by atoms with Gasteiger partial charge in [-0.25, -0.2) is 0 Å². The van der Waals surface area contributed by atoms with Crippen LogP contribution in [-0.4, -0.2) is 33.2 Å². The quantitative estimate of drug-likeness (QED) is 0.240. The number of ether oxygens (including phenoxy) is 2. The van der Waals surface area contributed by atoms with E-state index in [2.05, 4.69) is 58.0 Å². The molecule has 1 amide bonds. The van der Waals surface area contributed by atoms with Gasteiger partial charge in [0.25, 0.3) is 5.91 Å². The fraction of sp³-hybridized carbons (Fsp3) is 0.214. The van der Waals surface area contributed by atoms with Gasteiger partial charge in [-0.3, -0.25) is 4.79 Å². The van der Waals surface area contributed by atoms with E-state index in [1.807, 2.05) is 75.4 Å². The van der Waals surface area contributed by atoms with Crippen LogP contribution in [0.5, 0.6) is 11.5 Å². The molecule has 1 atom stereocenters. The number of methoxy groups -OCH3 is 1. The summed E-state index contributed by atoms with van der Waals surface area (Å²) in [6.07, 6.45) is 0. The molecular weight excluding hydrogens is 628 g/mol. The van der Waals surface area contributed by atoms with E-state index in [1.165, 1.54) is 0 Å². The van der Waals surface area contributed by atoms with Crippen LogP contribution in [0, 0.1) is 13.8 Å². The minimum Gasteiger partial charge on any atom is -0.493 e. The molecule has 200 valence electrons. The first-order chi connectivity index (χ1) is 18.8. The standard InChI is InChI=1S/C28H26Br2N6O3/c1-15-7-5-10-22(16(15)2)32-27(37)24-17(3)31-28-33-34-35-36(28)25(24)19-12-21(30)26(23(13-19)38-4)39-14-18-8-6-9-20(29)11-18/h5-13,25H,14H2,1-4H3,(H,32,37)(H,31,33,35). The summed E-state index contributed by atoms with van der Waals surface area (Å²) in [5.74, 6) is 1.24. The molecule has 2 heterocycles. The molecule has 5 rings (SSSR count). The number of rotatable bonds is 7. The first kappa shape index (κ1) is 26.9. The fourth-order valence-corrected chi connectivity index (χ4v) is 5.53. The highest BCUT2D eigenvalue weighted by molar-refractivity contribution is 9.10. The molecule has 0 fully saturated rings. The summed E-state index contributed by atoms with van der Waals surface area (Å²) in [4.78, 5) is 13.8. The van der Waals surface area contributed by atoms with Crippen LogP contribution in [0.15, 0.2) is 74.8 Å². The van der Waals surface area contributed by atoms with Gasteiger partial charge >= 0.3 is 0 Å². The number of hydrogen-bond acceptors (Lipinski definition) is 7. The van der Waals surface area contributed by atoms with Gasteiger partial charge in [-0.15, -0.1) is 0 Å². The van der Waals surface area contributed by atoms with Gasteiger partial charge in [-0.1, -0.05) is 45.3 Å². The number of anilines is 2. The van der Waals surface area contributed by atoms with E-state index in [9.17, 15) is 4.79 Å². The zero-order valence-electron chi connectivity index (χ0n) is 21.8. The molecule has 1 unspecified atom stereocenters. The number of fused-ring (bicyclic) bond motifs is 1. The van der Waals surface area contributed by atoms with E-state index in [-0.39, 0.29) is 5.91 Å². The summed E-state index contributed by atoms with van der Waals surface area (Å²) in [5, 5.41) is 18.4. The van der Waals surface area contributed by atoms with E-state index in [1.54, 1.807) is 11.8 Å². The third-order valence-corrected chi connectivity index (χ3v) is 7.73. The maximum atomic E-state index is 13.8. The molecule has 0 radical (unpaired) electrons. The number of hydrogen-bond donors (Lipinski definition) is 2. The molecular formula is C28H26Br2N6O3. The Morgan fingerprint density at radius 1 is 1.10 bits per heavy atom. The Morgan fingerprint density at radius 2 is 1.90 bits per heavy atom. The number of aromatic nitrogens is 4. The summed E-state index contributed by atoms with van der Waals surface area (Å²) < 4.78 is 15.1. The lowest BCUT2D eigenvalue weighted by molar-refractivity contribution is -0.113. The Labute approximate surface area is 242 Å². The average Bonchev–Trinajstić information content (AvgIpc) is 3.37. The lowest BCUT2D eigenvalue weighted by Gasteiger charge is -2.29. The predicted octanol–water partition coefficient (Wildman–Crippen LogP) is 6.33. The zero-order valence-corrected chi connectivity index (χ0v) is 24.9. The minimum atomic E-state index is -0.620. The topological polar surface area (TPSA) is 103 Å². The average molecular weight is 654 g/mol. The molecule has 0 spiro atoms. The second-order valence-electron chi connectivity index (χ2n) is 9.17. The van der Waals surface area contributed by atoms with Crippen LogP contribution in [-0.2, 0) is 11.4 Å². The number of benzene rings is 3. The second-order valence-corrected chi connectivity index (χ2v) is 10.9. The number of nitrogens with zero attached hydrogens (tertiary/aromatic N) is 4. The summed E-state index contributed by atoms with van der Waals surface area (Å²) >= 11 is 7.15. The van der Waals surface area contributed by atoms with Crippen molar-refractivity contribution in [3.63, 3.8) is 0 Å². The van der Waals surface area contributed by atoms with Crippen molar-refractivity contribution < 1.29 is 14.3 Å². The molecule has 9 nitrogen and oxygen atoms in total. The first-order valence-corrected chi connectivity index (χ1v) is 13.7. The number of aryl methyl sites for hydroxylation is 1. The van der Waals surface area contributed by atoms with Crippen LogP contribution in [0.1, 0.15) is 35.2 Å². The van der Waals surface area contributed by atoms with Crippen LogP contribution in [0.2, 0.25) is 0 Å². The molecule has 39 heavy (non-hydrogen) atoms. The minimum absolute atomic E-state index is 0.259. The lowest BCUT2D eigenvalue weighted by atomic mass is 9.94. The van der Waals surface area contributed by atoms with E-state index in [4.69, 9.17) is 9.47 Å². The van der Waals surface area contributed by atoms with E-state index in [0.29, 0.717) is 39.8 Å². The third-order valence-electron chi connectivity index (χ3n) is 6.65. The van der Waals surface area contributed by atoms with Gasteiger partial charge in [-0.2, -0.15) is 4.68 Å². The molecule has 11 heteroatoms. The molecule has 0 bridgehead atoms. The number of halogens is 2. The van der Waals surface area contributed by atoms with Crippen molar-refractivity contribution in [2.75, 3.05) is 17.7 Å². The molecule has 3 aromatic carbocycles. The molecule has 0 saturated carbocycles. The Kier molecular flexibility index (Phi) is 7.72. The third kappa shape index (κ3) is 5.41. The molecule has 1 aliphatic rings. The highest BCUT2D eigenvalue weighted by atomic mass is 79.9. The van der Waals surface area contributed by atoms with Crippen molar-refractivity contribution >= 4 is 49.4 Å². The first-order valence-electron chi connectivity index (χ1n) is 12.1. The van der Waals surface area contributed by atoms with Crippen LogP contribution >= 0.6 is 31.9 Å². The Morgan fingerprint density at radius 3 is 2.67 bits per heavy atom. The molecule has 1 aromatic heterocycles. The monoisotopic (exact) mass is 652 g/mol. The number of amides is 1. The van der Waals surface area contributed by atoms with Crippen molar-refractivity contribution in [2.24, 2.45) is 0 Å². The van der Waals surface area contributed by atoms with Gasteiger partial charge in [-0.05, 0) is 99.7 Å². The maximum Gasteiger partial charge on any atom is 0.255 e. The Bertz CT molecular complexity index is 1600. The zero-order chi connectivity index (χ0) is 27.7. The highest BCUT2D eigenvalue weighted by Gasteiger charge is 2.35. The summed E-state index contributed by atoms with van der Waals surface area (Å²) in [6, 6.07) is 16.9. The SMILES string of the molecule is COc1cc(C2C(C(=O)Nc3cccc(C)c3C)=C(C)Nc3nnnn32)cc(Br)c1OCc1cccc(Br)c1. The van der Waals surface area contributed by atoms with Crippen molar-refractivity contribution in [1.82, 2.24) is 20.2 Å². The molecule has 0 saturated heterocycles. The van der Waals surface area contributed by atoms with Gasteiger partial charge in [0.05, 0.1) is 17.2 Å². The summed E-state index contributed by atoms with van der Waals surface area (Å²) in [5.41, 5.74) is 5.71. The molecule has 4 aromatic rings. The largest absolute Gasteiger partial charge is 0.493 e. The van der Waals surface area contributed by atoms with Crippen molar-refractivity contribution in [1.29, 1.82) is 0 Å². The molecule has 2 N–H and O–H groups in total. The van der Waals surface area contributed by atoms with E-state index < -0.39 is 6.04 Å². The number of carbonyl (C=O) groups is 1. The van der Waals surface area contributed by atoms with Crippen LogP contribution in [0.3, 0.4) is 0 Å². The molecule has 0 aliphatic carbocycles. The van der Waals surface area contributed by atoms with Gasteiger partial charge < -0.3 is 20.1 Å². The Balaban J connectivity index is 1.52. The molecule has 1 aliphatic heterocycles.